The highest BCUT2D eigenvalue weighted by Gasteiger charge is 2.15. The highest BCUT2D eigenvalue weighted by molar-refractivity contribution is 5.94. The molecule has 1 N–H and O–H groups in total. The molecule has 0 saturated heterocycles. The minimum atomic E-state index is -0.678. The predicted molar refractivity (Wildman–Crippen MR) is 132 cm³/mol. The first-order valence-corrected chi connectivity index (χ1v) is 11.2. The number of hydrogen-bond acceptors (Lipinski definition) is 3. The van der Waals surface area contributed by atoms with Crippen molar-refractivity contribution in [2.45, 2.75) is 13.8 Å². The molecule has 0 radical (unpaired) electrons. The number of halogens is 2. The number of rotatable bonds is 5. The lowest BCUT2D eigenvalue weighted by Gasteiger charge is -2.13. The summed E-state index contributed by atoms with van der Waals surface area (Å²) in [6, 6.07) is 12.7. The van der Waals surface area contributed by atoms with Crippen molar-refractivity contribution in [3.63, 3.8) is 0 Å². The van der Waals surface area contributed by atoms with Gasteiger partial charge in [0.25, 0.3) is 0 Å². The number of carbonyl (C=O) groups excluding carboxylic acids is 1. The predicted octanol–water partition coefficient (Wildman–Crippen LogP) is 5.94. The molecule has 1 amide bonds. The van der Waals surface area contributed by atoms with Crippen molar-refractivity contribution in [2.75, 3.05) is 5.32 Å². The van der Waals surface area contributed by atoms with Gasteiger partial charge in [0.15, 0.2) is 0 Å². The molecule has 176 valence electrons. The lowest BCUT2D eigenvalue weighted by atomic mass is 9.99. The molecule has 0 bridgehead atoms. The molecule has 0 saturated carbocycles. The Labute approximate surface area is 200 Å². The van der Waals surface area contributed by atoms with Crippen molar-refractivity contribution in [1.82, 2.24) is 19.2 Å². The Morgan fingerprint density at radius 1 is 0.943 bits per heavy atom. The van der Waals surface area contributed by atoms with Crippen LogP contribution in [0.4, 0.5) is 14.5 Å². The number of aromatic nitrogens is 4. The average Bonchev–Trinajstić information content (AvgIpc) is 3.44. The third-order valence-corrected chi connectivity index (χ3v) is 5.81. The van der Waals surface area contributed by atoms with Gasteiger partial charge in [0.05, 0.1) is 18.1 Å². The Bertz CT molecular complexity index is 1570. The van der Waals surface area contributed by atoms with Crippen LogP contribution in [0.5, 0.6) is 0 Å². The number of nitrogens with one attached hydrogen (secondary N) is 1. The maximum atomic E-state index is 14.6. The van der Waals surface area contributed by atoms with Crippen LogP contribution in [-0.2, 0) is 11.8 Å². The summed E-state index contributed by atoms with van der Waals surface area (Å²) in [6.07, 6.45) is 7.37. The standard InChI is InChI=1S/C27H23F2N5O/c1-16(2)27(35)32-22-9-18(23-5-4-21(28)12-24(23)29)8-19(10-22)25-14-30-26-11-17(6-7-34(25)26)20-13-31-33(3)15-20/h4-16H,1-3H3,(H,32,35). The topological polar surface area (TPSA) is 64.2 Å². The summed E-state index contributed by atoms with van der Waals surface area (Å²) in [5, 5.41) is 7.11. The first kappa shape index (κ1) is 22.5. The Kier molecular flexibility index (Phi) is 5.64. The van der Waals surface area contributed by atoms with E-state index in [2.05, 4.69) is 15.4 Å². The van der Waals surface area contributed by atoms with Gasteiger partial charge in [-0.2, -0.15) is 5.10 Å². The number of nitrogens with zero attached hydrogens (tertiary/aromatic N) is 4. The number of aryl methyl sites for hydroxylation is 1. The van der Waals surface area contributed by atoms with Crippen molar-refractivity contribution in [3.8, 4) is 33.5 Å². The molecule has 2 aromatic carbocycles. The van der Waals surface area contributed by atoms with E-state index < -0.39 is 11.6 Å². The summed E-state index contributed by atoms with van der Waals surface area (Å²) in [4.78, 5) is 17.0. The first-order valence-electron chi connectivity index (χ1n) is 11.2. The molecule has 0 aliphatic carbocycles. The zero-order valence-corrected chi connectivity index (χ0v) is 19.5. The first-order chi connectivity index (χ1) is 16.8. The van der Waals surface area contributed by atoms with E-state index in [0.717, 1.165) is 34.1 Å². The minimum absolute atomic E-state index is 0.160. The van der Waals surface area contributed by atoms with Gasteiger partial charge in [-0.3, -0.25) is 13.9 Å². The van der Waals surface area contributed by atoms with E-state index in [1.807, 2.05) is 42.0 Å². The van der Waals surface area contributed by atoms with Crippen LogP contribution in [0.3, 0.4) is 0 Å². The van der Waals surface area contributed by atoms with Gasteiger partial charge in [0, 0.05) is 53.8 Å². The largest absolute Gasteiger partial charge is 0.326 e. The molecule has 5 rings (SSSR count). The third kappa shape index (κ3) is 4.42. The molecule has 3 aromatic heterocycles. The van der Waals surface area contributed by atoms with Crippen LogP contribution in [0.2, 0.25) is 0 Å². The van der Waals surface area contributed by atoms with Gasteiger partial charge in [-0.15, -0.1) is 0 Å². The van der Waals surface area contributed by atoms with Crippen LogP contribution in [0, 0.1) is 17.6 Å². The Hall–Kier alpha value is -4.33. The van der Waals surface area contributed by atoms with Gasteiger partial charge in [-0.25, -0.2) is 13.8 Å². The van der Waals surface area contributed by atoms with Crippen molar-refractivity contribution < 1.29 is 13.6 Å². The molecule has 0 aliphatic heterocycles. The number of pyridine rings is 1. The number of fused-ring (bicyclic) bond motifs is 1. The molecule has 0 unspecified atom stereocenters. The van der Waals surface area contributed by atoms with E-state index in [1.54, 1.807) is 43.1 Å². The van der Waals surface area contributed by atoms with E-state index in [-0.39, 0.29) is 17.4 Å². The lowest BCUT2D eigenvalue weighted by molar-refractivity contribution is -0.118. The van der Waals surface area contributed by atoms with Crippen molar-refractivity contribution in [2.24, 2.45) is 13.0 Å². The molecule has 5 aromatic rings. The smallest absolute Gasteiger partial charge is 0.226 e. The van der Waals surface area contributed by atoms with Crippen molar-refractivity contribution in [3.05, 3.63) is 85.0 Å². The molecule has 6 nitrogen and oxygen atoms in total. The van der Waals surface area contributed by atoms with Gasteiger partial charge in [-0.05, 0) is 53.6 Å². The summed E-state index contributed by atoms with van der Waals surface area (Å²) in [5.74, 6) is -1.72. The fourth-order valence-electron chi connectivity index (χ4n) is 3.96. The maximum absolute atomic E-state index is 14.6. The fraction of sp³-hybridized carbons (Fsp3) is 0.148. The van der Waals surface area contributed by atoms with Crippen LogP contribution in [0.15, 0.2) is 73.3 Å². The Morgan fingerprint density at radius 2 is 1.74 bits per heavy atom. The van der Waals surface area contributed by atoms with Crippen LogP contribution in [0.1, 0.15) is 13.8 Å². The Balaban J connectivity index is 1.63. The van der Waals surface area contributed by atoms with Crippen LogP contribution < -0.4 is 5.32 Å². The fourth-order valence-corrected chi connectivity index (χ4v) is 3.96. The monoisotopic (exact) mass is 471 g/mol. The number of benzene rings is 2. The highest BCUT2D eigenvalue weighted by Crippen LogP contribution is 2.33. The normalized spacial score (nSPS) is 11.4. The van der Waals surface area contributed by atoms with Gasteiger partial charge >= 0.3 is 0 Å². The number of imidazole rings is 1. The molecule has 0 spiro atoms. The lowest BCUT2D eigenvalue weighted by Crippen LogP contribution is -2.17. The molecule has 35 heavy (non-hydrogen) atoms. The molecule has 0 atom stereocenters. The highest BCUT2D eigenvalue weighted by atomic mass is 19.1. The minimum Gasteiger partial charge on any atom is -0.326 e. The van der Waals surface area contributed by atoms with E-state index in [9.17, 15) is 13.6 Å². The van der Waals surface area contributed by atoms with Crippen LogP contribution in [-0.4, -0.2) is 25.1 Å². The molecule has 0 fully saturated rings. The molecular weight excluding hydrogens is 448 g/mol. The summed E-state index contributed by atoms with van der Waals surface area (Å²) in [6.45, 7) is 3.59. The quantitative estimate of drug-likeness (QED) is 0.345. The summed E-state index contributed by atoms with van der Waals surface area (Å²) < 4.78 is 31.8. The third-order valence-electron chi connectivity index (χ3n) is 5.81. The van der Waals surface area contributed by atoms with E-state index in [4.69, 9.17) is 0 Å². The van der Waals surface area contributed by atoms with E-state index >= 15 is 0 Å². The van der Waals surface area contributed by atoms with Gasteiger partial charge in [0.2, 0.25) is 5.91 Å². The zero-order chi connectivity index (χ0) is 24.7. The number of amides is 1. The zero-order valence-electron chi connectivity index (χ0n) is 19.5. The maximum Gasteiger partial charge on any atom is 0.226 e. The van der Waals surface area contributed by atoms with Crippen LogP contribution >= 0.6 is 0 Å². The Morgan fingerprint density at radius 3 is 2.46 bits per heavy atom. The van der Waals surface area contributed by atoms with E-state index in [1.165, 1.54) is 12.1 Å². The SMILES string of the molecule is CC(C)C(=O)Nc1cc(-c2ccc(F)cc2F)cc(-c2cnc3cc(-c4cnn(C)c4)ccn23)c1. The van der Waals surface area contributed by atoms with E-state index in [0.29, 0.717) is 11.3 Å². The second-order valence-electron chi connectivity index (χ2n) is 8.76. The van der Waals surface area contributed by atoms with Crippen LogP contribution in [0.25, 0.3) is 39.2 Å². The summed E-state index contributed by atoms with van der Waals surface area (Å²) in [5.41, 5.74) is 5.45. The summed E-state index contributed by atoms with van der Waals surface area (Å²) in [7, 11) is 1.86. The molecular formula is C27H23F2N5O. The molecule has 3 heterocycles. The second-order valence-corrected chi connectivity index (χ2v) is 8.76. The van der Waals surface area contributed by atoms with Crippen molar-refractivity contribution in [1.29, 1.82) is 0 Å². The molecule has 0 aliphatic rings. The average molecular weight is 472 g/mol. The number of hydrogen-bond donors (Lipinski definition) is 1. The second kappa shape index (κ2) is 8.79. The van der Waals surface area contributed by atoms with Crippen molar-refractivity contribution >= 4 is 17.2 Å². The van der Waals surface area contributed by atoms with Gasteiger partial charge < -0.3 is 5.32 Å². The number of anilines is 1. The van der Waals surface area contributed by atoms with Gasteiger partial charge in [-0.1, -0.05) is 13.8 Å². The molecule has 8 heteroatoms. The summed E-state index contributed by atoms with van der Waals surface area (Å²) >= 11 is 0. The number of carbonyl (C=O) groups is 1. The van der Waals surface area contributed by atoms with Gasteiger partial charge in [0.1, 0.15) is 17.3 Å².